The van der Waals surface area contributed by atoms with Crippen LogP contribution in [-0.2, 0) is 0 Å². The molecule has 1 N–H and O–H groups in total. The molecular weight excluding hydrogens is 278 g/mol. The van der Waals surface area contributed by atoms with Gasteiger partial charge in [-0.2, -0.15) is 0 Å². The average Bonchev–Trinajstić information content (AvgIpc) is 2.53. The first kappa shape index (κ1) is 14.1. The fourth-order valence-electron chi connectivity index (χ4n) is 2.40. The molecule has 1 heterocycles. The van der Waals surface area contributed by atoms with Crippen molar-refractivity contribution >= 4 is 22.5 Å². The predicted molar refractivity (Wildman–Crippen MR) is 88.6 cm³/mol. The molecule has 0 aliphatic rings. The van der Waals surface area contributed by atoms with Crippen molar-refractivity contribution in [1.82, 2.24) is 4.98 Å². The Balaban J connectivity index is 1.81. The summed E-state index contributed by atoms with van der Waals surface area (Å²) in [6.07, 6.45) is 3.11. The van der Waals surface area contributed by atoms with Gasteiger partial charge in [0, 0.05) is 28.4 Å². The molecule has 0 saturated heterocycles. The third-order valence-electron chi connectivity index (χ3n) is 3.57. The highest BCUT2D eigenvalue weighted by Crippen LogP contribution is 2.30. The smallest absolute Gasteiger partial charge is 0.0890 e. The molecule has 3 heteroatoms. The normalized spacial score (nSPS) is 12.5. The highest BCUT2D eigenvalue weighted by Gasteiger charge is 2.12. The Hall–Kier alpha value is -1.84. The van der Waals surface area contributed by atoms with E-state index in [1.807, 2.05) is 42.6 Å². The quantitative estimate of drug-likeness (QED) is 0.726. The van der Waals surface area contributed by atoms with Crippen LogP contribution >= 0.6 is 11.8 Å². The van der Waals surface area contributed by atoms with Gasteiger partial charge >= 0.3 is 0 Å². The molecule has 0 radical (unpaired) electrons. The van der Waals surface area contributed by atoms with Crippen LogP contribution in [0.15, 0.2) is 65.8 Å². The molecule has 0 spiro atoms. The van der Waals surface area contributed by atoms with Gasteiger partial charge in [0.05, 0.1) is 6.10 Å². The third kappa shape index (κ3) is 3.09. The SMILES string of the molecule is Cc1ccccc1SCC(O)c1cccc2ccncc12. The van der Waals surface area contributed by atoms with Gasteiger partial charge in [-0.25, -0.2) is 0 Å². The van der Waals surface area contributed by atoms with Crippen LogP contribution in [0.3, 0.4) is 0 Å². The number of pyridine rings is 1. The Labute approximate surface area is 128 Å². The number of thioether (sulfide) groups is 1. The summed E-state index contributed by atoms with van der Waals surface area (Å²) in [5.41, 5.74) is 2.19. The number of nitrogens with zero attached hydrogens (tertiary/aromatic N) is 1. The van der Waals surface area contributed by atoms with E-state index in [0.29, 0.717) is 5.75 Å². The second kappa shape index (κ2) is 6.29. The van der Waals surface area contributed by atoms with Crippen LogP contribution in [0.1, 0.15) is 17.2 Å². The summed E-state index contributed by atoms with van der Waals surface area (Å²) in [6, 6.07) is 16.2. The minimum Gasteiger partial charge on any atom is -0.388 e. The van der Waals surface area contributed by atoms with E-state index in [1.165, 1.54) is 10.5 Å². The molecule has 0 amide bonds. The molecule has 3 aromatic rings. The molecular formula is C18H17NOS. The second-order valence-electron chi connectivity index (χ2n) is 5.04. The minimum atomic E-state index is -0.498. The van der Waals surface area contributed by atoms with Crippen LogP contribution in [0, 0.1) is 6.92 Å². The lowest BCUT2D eigenvalue weighted by Gasteiger charge is -2.14. The molecule has 21 heavy (non-hydrogen) atoms. The monoisotopic (exact) mass is 295 g/mol. The summed E-state index contributed by atoms with van der Waals surface area (Å²) >= 11 is 1.69. The van der Waals surface area contributed by atoms with Gasteiger partial charge in [-0.05, 0) is 35.6 Å². The molecule has 1 atom stereocenters. The van der Waals surface area contributed by atoms with Gasteiger partial charge in [0.1, 0.15) is 0 Å². The molecule has 0 saturated carbocycles. The fourth-order valence-corrected chi connectivity index (χ4v) is 3.39. The maximum Gasteiger partial charge on any atom is 0.0890 e. The number of hydrogen-bond acceptors (Lipinski definition) is 3. The molecule has 1 aromatic heterocycles. The van der Waals surface area contributed by atoms with E-state index in [2.05, 4.69) is 24.0 Å². The number of fused-ring (bicyclic) bond motifs is 1. The van der Waals surface area contributed by atoms with Gasteiger partial charge in [0.15, 0.2) is 0 Å². The summed E-state index contributed by atoms with van der Waals surface area (Å²) in [5, 5.41) is 12.7. The Bertz CT molecular complexity index is 752. The lowest BCUT2D eigenvalue weighted by molar-refractivity contribution is 0.205. The predicted octanol–water partition coefficient (Wildman–Crippen LogP) is 4.37. The summed E-state index contributed by atoms with van der Waals surface area (Å²) < 4.78 is 0. The van der Waals surface area contributed by atoms with Crippen molar-refractivity contribution in [1.29, 1.82) is 0 Å². The molecule has 2 nitrogen and oxygen atoms in total. The van der Waals surface area contributed by atoms with Gasteiger partial charge in [-0.1, -0.05) is 36.4 Å². The molecule has 1 unspecified atom stereocenters. The zero-order chi connectivity index (χ0) is 14.7. The molecule has 0 aliphatic heterocycles. The summed E-state index contributed by atoms with van der Waals surface area (Å²) in [5.74, 6) is 0.638. The Kier molecular flexibility index (Phi) is 4.23. The molecule has 106 valence electrons. The molecule has 0 fully saturated rings. The number of rotatable bonds is 4. The van der Waals surface area contributed by atoms with Crippen molar-refractivity contribution in [2.24, 2.45) is 0 Å². The number of aliphatic hydroxyl groups is 1. The number of aliphatic hydroxyl groups excluding tert-OH is 1. The Morgan fingerprint density at radius 2 is 1.95 bits per heavy atom. The van der Waals surface area contributed by atoms with E-state index in [1.54, 1.807) is 18.0 Å². The van der Waals surface area contributed by atoms with Crippen LogP contribution in [0.5, 0.6) is 0 Å². The van der Waals surface area contributed by atoms with Crippen LogP contribution < -0.4 is 0 Å². The largest absolute Gasteiger partial charge is 0.388 e. The van der Waals surface area contributed by atoms with Crippen LogP contribution in [0.2, 0.25) is 0 Å². The standard InChI is InChI=1S/C18H17NOS/c1-13-5-2-3-8-18(13)21-12-17(20)15-7-4-6-14-9-10-19-11-16(14)15/h2-11,17,20H,12H2,1H3. The summed E-state index contributed by atoms with van der Waals surface area (Å²) in [6.45, 7) is 2.09. The Morgan fingerprint density at radius 3 is 2.81 bits per heavy atom. The molecule has 0 aliphatic carbocycles. The van der Waals surface area contributed by atoms with Crippen molar-refractivity contribution < 1.29 is 5.11 Å². The maximum absolute atomic E-state index is 10.5. The average molecular weight is 295 g/mol. The molecule has 0 bridgehead atoms. The first-order chi connectivity index (χ1) is 10.3. The second-order valence-corrected chi connectivity index (χ2v) is 6.10. The third-order valence-corrected chi connectivity index (χ3v) is 4.82. The van der Waals surface area contributed by atoms with E-state index in [9.17, 15) is 5.11 Å². The van der Waals surface area contributed by atoms with E-state index in [0.717, 1.165) is 16.3 Å². The van der Waals surface area contributed by atoms with E-state index in [-0.39, 0.29) is 0 Å². The van der Waals surface area contributed by atoms with Crippen molar-refractivity contribution in [3.8, 4) is 0 Å². The van der Waals surface area contributed by atoms with Crippen molar-refractivity contribution in [3.63, 3.8) is 0 Å². The van der Waals surface area contributed by atoms with Gasteiger partial charge in [0.2, 0.25) is 0 Å². The van der Waals surface area contributed by atoms with E-state index in [4.69, 9.17) is 0 Å². The first-order valence-corrected chi connectivity index (χ1v) is 7.93. The Morgan fingerprint density at radius 1 is 1.10 bits per heavy atom. The topological polar surface area (TPSA) is 33.1 Å². The minimum absolute atomic E-state index is 0.498. The summed E-state index contributed by atoms with van der Waals surface area (Å²) in [7, 11) is 0. The maximum atomic E-state index is 10.5. The number of aryl methyl sites for hydroxylation is 1. The highest BCUT2D eigenvalue weighted by atomic mass is 32.2. The van der Waals surface area contributed by atoms with Crippen LogP contribution in [-0.4, -0.2) is 15.8 Å². The summed E-state index contributed by atoms with van der Waals surface area (Å²) in [4.78, 5) is 5.39. The van der Waals surface area contributed by atoms with Crippen LogP contribution in [0.4, 0.5) is 0 Å². The van der Waals surface area contributed by atoms with E-state index < -0.39 is 6.10 Å². The van der Waals surface area contributed by atoms with Crippen molar-refractivity contribution in [2.45, 2.75) is 17.9 Å². The van der Waals surface area contributed by atoms with Gasteiger partial charge in [-0.15, -0.1) is 11.8 Å². The molecule has 2 aromatic carbocycles. The van der Waals surface area contributed by atoms with Gasteiger partial charge in [0.25, 0.3) is 0 Å². The zero-order valence-electron chi connectivity index (χ0n) is 11.9. The number of benzene rings is 2. The number of aromatic nitrogens is 1. The van der Waals surface area contributed by atoms with Gasteiger partial charge < -0.3 is 5.11 Å². The van der Waals surface area contributed by atoms with Gasteiger partial charge in [-0.3, -0.25) is 4.98 Å². The van der Waals surface area contributed by atoms with Crippen molar-refractivity contribution in [3.05, 3.63) is 72.1 Å². The number of hydrogen-bond donors (Lipinski definition) is 1. The van der Waals surface area contributed by atoms with E-state index >= 15 is 0 Å². The van der Waals surface area contributed by atoms with Crippen molar-refractivity contribution in [2.75, 3.05) is 5.75 Å². The zero-order valence-corrected chi connectivity index (χ0v) is 12.7. The first-order valence-electron chi connectivity index (χ1n) is 6.95. The lowest BCUT2D eigenvalue weighted by Crippen LogP contribution is -2.02. The lowest BCUT2D eigenvalue weighted by atomic mass is 10.0. The van der Waals surface area contributed by atoms with Crippen LogP contribution in [0.25, 0.3) is 10.8 Å². The molecule has 3 rings (SSSR count). The fraction of sp³-hybridized carbons (Fsp3) is 0.167. The highest BCUT2D eigenvalue weighted by molar-refractivity contribution is 7.99.